The topological polar surface area (TPSA) is 53.8 Å². The molecule has 2 N–H and O–H groups in total. The highest BCUT2D eigenvalue weighted by Crippen LogP contribution is 2.31. The fraction of sp³-hybridized carbons (Fsp3) is 0.0714. The lowest BCUT2D eigenvalue weighted by atomic mass is 10.2. The fourth-order valence-electron chi connectivity index (χ4n) is 1.53. The van der Waals surface area contributed by atoms with Gasteiger partial charge in [-0.3, -0.25) is 5.43 Å². The van der Waals surface area contributed by atoms with Crippen molar-refractivity contribution in [3.63, 3.8) is 0 Å². The molecule has 2 aromatic carbocycles. The number of nitrogens with zero attached hydrogens (tertiary/aromatic N) is 1. The molecular weight excluding hydrogens is 391 g/mol. The molecule has 104 valence electrons. The Labute approximate surface area is 135 Å². The molecule has 0 saturated carbocycles. The van der Waals surface area contributed by atoms with Gasteiger partial charge in [0, 0.05) is 5.02 Å². The zero-order chi connectivity index (χ0) is 14.5. The van der Waals surface area contributed by atoms with Crippen LogP contribution in [0, 0.1) is 3.57 Å². The second-order valence-corrected chi connectivity index (χ2v) is 5.53. The van der Waals surface area contributed by atoms with Crippen LogP contribution in [-0.4, -0.2) is 18.4 Å². The van der Waals surface area contributed by atoms with E-state index >= 15 is 0 Å². The summed E-state index contributed by atoms with van der Waals surface area (Å²) in [4.78, 5) is 0. The summed E-state index contributed by atoms with van der Waals surface area (Å²) < 4.78 is 5.80. The van der Waals surface area contributed by atoms with Gasteiger partial charge in [-0.2, -0.15) is 5.10 Å². The van der Waals surface area contributed by atoms with Crippen molar-refractivity contribution in [1.82, 2.24) is 0 Å². The SMILES string of the molecule is COc1cc(/C=N\Nc2ccc(Cl)cc2)cc(I)c1O. The van der Waals surface area contributed by atoms with Crippen LogP contribution in [0.25, 0.3) is 0 Å². The lowest BCUT2D eigenvalue weighted by Crippen LogP contribution is -1.93. The predicted octanol–water partition coefficient (Wildman–Crippen LogP) is 4.10. The quantitative estimate of drug-likeness (QED) is 0.460. The van der Waals surface area contributed by atoms with Gasteiger partial charge in [0.05, 0.1) is 22.6 Å². The van der Waals surface area contributed by atoms with E-state index in [0.29, 0.717) is 14.3 Å². The zero-order valence-electron chi connectivity index (χ0n) is 10.6. The van der Waals surface area contributed by atoms with Crippen LogP contribution < -0.4 is 10.2 Å². The number of hydrazone groups is 1. The highest BCUT2D eigenvalue weighted by Gasteiger charge is 2.07. The molecule has 0 heterocycles. The predicted molar refractivity (Wildman–Crippen MR) is 90.0 cm³/mol. The van der Waals surface area contributed by atoms with Crippen LogP contribution in [0.3, 0.4) is 0 Å². The molecule has 0 atom stereocenters. The van der Waals surface area contributed by atoms with Crippen LogP contribution in [0.15, 0.2) is 41.5 Å². The number of phenols is 1. The third-order valence-electron chi connectivity index (χ3n) is 2.52. The number of hydrogen-bond acceptors (Lipinski definition) is 4. The Bertz CT molecular complexity index is 630. The van der Waals surface area contributed by atoms with Gasteiger partial charge in [-0.05, 0) is 64.6 Å². The second kappa shape index (κ2) is 6.81. The highest BCUT2D eigenvalue weighted by atomic mass is 127. The summed E-state index contributed by atoms with van der Waals surface area (Å²) in [6, 6.07) is 10.8. The van der Waals surface area contributed by atoms with Gasteiger partial charge in [0.2, 0.25) is 0 Å². The summed E-state index contributed by atoms with van der Waals surface area (Å²) in [5.41, 5.74) is 4.56. The first-order chi connectivity index (χ1) is 9.60. The van der Waals surface area contributed by atoms with Crippen molar-refractivity contribution in [2.45, 2.75) is 0 Å². The van der Waals surface area contributed by atoms with Crippen LogP contribution in [0.1, 0.15) is 5.56 Å². The number of hydrogen-bond donors (Lipinski definition) is 2. The lowest BCUT2D eigenvalue weighted by Gasteiger charge is -2.06. The lowest BCUT2D eigenvalue weighted by molar-refractivity contribution is 0.371. The Morgan fingerprint density at radius 3 is 2.65 bits per heavy atom. The number of rotatable bonds is 4. The first-order valence-corrected chi connectivity index (χ1v) is 7.17. The highest BCUT2D eigenvalue weighted by molar-refractivity contribution is 14.1. The molecule has 0 unspecified atom stereocenters. The fourth-order valence-corrected chi connectivity index (χ4v) is 2.28. The molecule has 0 saturated heterocycles. The summed E-state index contributed by atoms with van der Waals surface area (Å²) in [6.07, 6.45) is 1.65. The van der Waals surface area contributed by atoms with Crippen LogP contribution in [0.5, 0.6) is 11.5 Å². The number of methoxy groups -OCH3 is 1. The normalized spacial score (nSPS) is 10.8. The van der Waals surface area contributed by atoms with E-state index in [1.165, 1.54) is 7.11 Å². The number of anilines is 1. The Morgan fingerprint density at radius 2 is 2.00 bits per heavy atom. The molecule has 0 radical (unpaired) electrons. The molecule has 2 aromatic rings. The zero-order valence-corrected chi connectivity index (χ0v) is 13.5. The minimum absolute atomic E-state index is 0.135. The van der Waals surface area contributed by atoms with Gasteiger partial charge in [0.25, 0.3) is 0 Å². The van der Waals surface area contributed by atoms with Crippen molar-refractivity contribution in [1.29, 1.82) is 0 Å². The minimum atomic E-state index is 0.135. The molecule has 0 aromatic heterocycles. The van der Waals surface area contributed by atoms with Gasteiger partial charge in [0.15, 0.2) is 11.5 Å². The van der Waals surface area contributed by atoms with Gasteiger partial charge in [0.1, 0.15) is 0 Å². The maximum atomic E-state index is 9.75. The summed E-state index contributed by atoms with van der Waals surface area (Å²) >= 11 is 7.84. The maximum absolute atomic E-state index is 9.75. The molecule has 4 nitrogen and oxygen atoms in total. The Kier molecular flexibility index (Phi) is 5.08. The second-order valence-electron chi connectivity index (χ2n) is 3.93. The molecule has 0 aliphatic rings. The van der Waals surface area contributed by atoms with Gasteiger partial charge >= 0.3 is 0 Å². The average Bonchev–Trinajstić information content (AvgIpc) is 2.44. The summed E-state index contributed by atoms with van der Waals surface area (Å²) in [7, 11) is 1.51. The smallest absolute Gasteiger partial charge is 0.171 e. The number of halogens is 2. The third-order valence-corrected chi connectivity index (χ3v) is 3.60. The molecule has 0 aliphatic carbocycles. The third kappa shape index (κ3) is 3.77. The van der Waals surface area contributed by atoms with Crippen molar-refractivity contribution in [2.75, 3.05) is 12.5 Å². The van der Waals surface area contributed by atoms with Crippen molar-refractivity contribution in [2.24, 2.45) is 5.10 Å². The van der Waals surface area contributed by atoms with Crippen LogP contribution in [-0.2, 0) is 0 Å². The number of benzene rings is 2. The largest absolute Gasteiger partial charge is 0.504 e. The summed E-state index contributed by atoms with van der Waals surface area (Å²) in [5.74, 6) is 0.556. The van der Waals surface area contributed by atoms with Crippen LogP contribution >= 0.6 is 34.2 Å². The van der Waals surface area contributed by atoms with Gasteiger partial charge in [-0.15, -0.1) is 0 Å². The van der Waals surface area contributed by atoms with Crippen LogP contribution in [0.4, 0.5) is 5.69 Å². The van der Waals surface area contributed by atoms with E-state index in [9.17, 15) is 5.11 Å². The molecule has 0 fully saturated rings. The minimum Gasteiger partial charge on any atom is -0.504 e. The van der Waals surface area contributed by atoms with Gasteiger partial charge < -0.3 is 9.84 Å². The Hall–Kier alpha value is -1.47. The van der Waals surface area contributed by atoms with Gasteiger partial charge in [-0.1, -0.05) is 11.6 Å². The molecule has 0 bridgehead atoms. The number of nitrogens with one attached hydrogen (secondary N) is 1. The van der Waals surface area contributed by atoms with E-state index in [0.717, 1.165) is 11.3 Å². The molecule has 0 amide bonds. The van der Waals surface area contributed by atoms with Crippen molar-refractivity contribution >= 4 is 46.1 Å². The number of aromatic hydroxyl groups is 1. The first-order valence-electron chi connectivity index (χ1n) is 5.71. The molecular formula is C14H12ClIN2O2. The van der Waals surface area contributed by atoms with E-state index < -0.39 is 0 Å². The standard InChI is InChI=1S/C14H12ClIN2O2/c1-20-13-7-9(6-12(16)14(13)19)8-17-18-11-4-2-10(15)3-5-11/h2-8,18-19H,1H3/b17-8-. The Balaban J connectivity index is 2.11. The van der Waals surface area contributed by atoms with Gasteiger partial charge in [-0.25, -0.2) is 0 Å². The summed E-state index contributed by atoms with van der Waals surface area (Å²) in [6.45, 7) is 0. The maximum Gasteiger partial charge on any atom is 0.171 e. The van der Waals surface area contributed by atoms with E-state index in [4.69, 9.17) is 16.3 Å². The van der Waals surface area contributed by atoms with E-state index in [1.807, 2.05) is 40.8 Å². The molecule has 2 rings (SSSR count). The summed E-state index contributed by atoms with van der Waals surface area (Å²) in [5, 5.41) is 14.6. The van der Waals surface area contributed by atoms with Crippen LogP contribution in [0.2, 0.25) is 5.02 Å². The van der Waals surface area contributed by atoms with Crippen molar-refractivity contribution < 1.29 is 9.84 Å². The van der Waals surface area contributed by atoms with Crippen molar-refractivity contribution in [3.05, 3.63) is 50.6 Å². The molecule has 0 aliphatic heterocycles. The van der Waals surface area contributed by atoms with E-state index in [2.05, 4.69) is 10.5 Å². The molecule has 0 spiro atoms. The molecule has 20 heavy (non-hydrogen) atoms. The van der Waals surface area contributed by atoms with Crippen molar-refractivity contribution in [3.8, 4) is 11.5 Å². The first kappa shape index (κ1) is 14.9. The number of ether oxygens (including phenoxy) is 1. The molecule has 6 heteroatoms. The average molecular weight is 403 g/mol. The Morgan fingerprint density at radius 1 is 1.30 bits per heavy atom. The number of phenolic OH excluding ortho intramolecular Hbond substituents is 1. The van der Waals surface area contributed by atoms with E-state index in [1.54, 1.807) is 24.4 Å². The monoisotopic (exact) mass is 402 g/mol. The van der Waals surface area contributed by atoms with E-state index in [-0.39, 0.29) is 5.75 Å².